The summed E-state index contributed by atoms with van der Waals surface area (Å²) in [5.74, 6) is 1.29. The molecule has 0 aromatic heterocycles. The van der Waals surface area contributed by atoms with E-state index in [2.05, 4.69) is 5.32 Å². The van der Waals surface area contributed by atoms with E-state index in [1.165, 1.54) is 24.3 Å². The van der Waals surface area contributed by atoms with Crippen molar-refractivity contribution in [2.24, 2.45) is 0 Å². The number of hydrogen-bond acceptors (Lipinski definition) is 7. The lowest BCUT2D eigenvalue weighted by molar-refractivity contribution is -0.385. The van der Waals surface area contributed by atoms with Crippen molar-refractivity contribution in [3.8, 4) is 17.2 Å². The number of amides is 1. The van der Waals surface area contributed by atoms with Crippen LogP contribution in [0.4, 0.5) is 11.4 Å². The second-order valence-corrected chi connectivity index (χ2v) is 6.43. The number of ether oxygens (including phenoxy) is 4. The zero-order chi connectivity index (χ0) is 20.2. The van der Waals surface area contributed by atoms with Gasteiger partial charge in [0, 0.05) is 47.5 Å². The summed E-state index contributed by atoms with van der Waals surface area (Å²) in [4.78, 5) is 23.0. The van der Waals surface area contributed by atoms with E-state index in [0.717, 1.165) is 6.42 Å². The van der Waals surface area contributed by atoms with Gasteiger partial charge in [-0.05, 0) is 18.2 Å². The summed E-state index contributed by atoms with van der Waals surface area (Å²) in [5.41, 5.74) is 1.45. The van der Waals surface area contributed by atoms with Gasteiger partial charge in [0.15, 0.2) is 18.3 Å². The fraction of sp³-hybridized carbons (Fsp3) is 0.250. The van der Waals surface area contributed by atoms with Crippen LogP contribution in [0.5, 0.6) is 17.2 Å². The van der Waals surface area contributed by atoms with E-state index in [4.69, 9.17) is 18.9 Å². The van der Waals surface area contributed by atoms with Crippen LogP contribution in [0.15, 0.2) is 36.4 Å². The number of carbonyl (C=O) groups excluding carboxylic acids is 1. The number of nitro benzene ring substituents is 1. The van der Waals surface area contributed by atoms with Gasteiger partial charge in [0.25, 0.3) is 5.69 Å². The highest BCUT2D eigenvalue weighted by atomic mass is 16.7. The minimum atomic E-state index is -0.496. The number of carbonyl (C=O) groups is 1. The van der Waals surface area contributed by atoms with E-state index >= 15 is 0 Å². The third-order valence-corrected chi connectivity index (χ3v) is 4.36. The van der Waals surface area contributed by atoms with Gasteiger partial charge < -0.3 is 24.3 Å². The molecule has 1 N–H and O–H groups in total. The Morgan fingerprint density at radius 1 is 1.10 bits per heavy atom. The molecule has 9 nitrogen and oxygen atoms in total. The average molecular weight is 398 g/mol. The highest BCUT2D eigenvalue weighted by Crippen LogP contribution is 2.34. The largest absolute Gasteiger partial charge is 0.490 e. The lowest BCUT2D eigenvalue weighted by Crippen LogP contribution is -2.13. The Hall–Kier alpha value is -3.59. The maximum atomic E-state index is 12.3. The molecule has 29 heavy (non-hydrogen) atoms. The van der Waals surface area contributed by atoms with Crippen molar-refractivity contribution in [2.45, 2.75) is 13.0 Å². The first-order chi connectivity index (χ1) is 14.1. The fourth-order valence-electron chi connectivity index (χ4n) is 3.05. The van der Waals surface area contributed by atoms with Gasteiger partial charge in [-0.2, -0.15) is 0 Å². The molecular weight excluding hydrogens is 380 g/mol. The molecule has 0 atom stereocenters. The van der Waals surface area contributed by atoms with Gasteiger partial charge in [-0.1, -0.05) is 0 Å². The fourth-order valence-corrected chi connectivity index (χ4v) is 3.05. The second-order valence-electron chi connectivity index (χ2n) is 6.43. The topological polar surface area (TPSA) is 109 Å². The minimum absolute atomic E-state index is 0.0506. The SMILES string of the molecule is O=C(/C=C/c1cc([N+](=O)[O-])cc2c1OCOC2)Nc1ccc2c(c1)OCCCO2. The van der Waals surface area contributed by atoms with Crippen LogP contribution in [0, 0.1) is 10.1 Å². The number of non-ortho nitro benzene ring substituents is 1. The van der Waals surface area contributed by atoms with E-state index in [1.54, 1.807) is 18.2 Å². The number of hydrogen-bond donors (Lipinski definition) is 1. The van der Waals surface area contributed by atoms with Gasteiger partial charge in [0.2, 0.25) is 5.91 Å². The average Bonchev–Trinajstić information content (AvgIpc) is 2.96. The van der Waals surface area contributed by atoms with Gasteiger partial charge in [0.05, 0.1) is 24.7 Å². The summed E-state index contributed by atoms with van der Waals surface area (Å²) in [6.45, 7) is 1.39. The molecule has 0 spiro atoms. The number of nitrogens with zero attached hydrogens (tertiary/aromatic N) is 1. The van der Waals surface area contributed by atoms with Crippen molar-refractivity contribution in [1.29, 1.82) is 0 Å². The number of benzene rings is 2. The van der Waals surface area contributed by atoms with Crippen molar-refractivity contribution >= 4 is 23.4 Å². The monoisotopic (exact) mass is 398 g/mol. The van der Waals surface area contributed by atoms with Gasteiger partial charge in [-0.25, -0.2) is 0 Å². The summed E-state index contributed by atoms with van der Waals surface area (Å²) in [5, 5.41) is 13.9. The quantitative estimate of drug-likeness (QED) is 0.478. The lowest BCUT2D eigenvalue weighted by atomic mass is 10.1. The molecule has 2 heterocycles. The molecule has 1 amide bonds. The zero-order valence-corrected chi connectivity index (χ0v) is 15.4. The molecule has 2 aliphatic rings. The number of nitro groups is 1. The minimum Gasteiger partial charge on any atom is -0.490 e. The summed E-state index contributed by atoms with van der Waals surface area (Å²) in [6.07, 6.45) is 3.57. The van der Waals surface area contributed by atoms with Gasteiger partial charge in [-0.15, -0.1) is 0 Å². The third-order valence-electron chi connectivity index (χ3n) is 4.36. The first-order valence-electron chi connectivity index (χ1n) is 9.01. The van der Waals surface area contributed by atoms with E-state index < -0.39 is 10.8 Å². The Balaban J connectivity index is 1.52. The predicted octanol–water partition coefficient (Wildman–Crippen LogP) is 3.27. The van der Waals surface area contributed by atoms with E-state index in [0.29, 0.717) is 47.3 Å². The van der Waals surface area contributed by atoms with Crippen LogP contribution in [0.1, 0.15) is 17.5 Å². The Labute approximate surface area is 166 Å². The summed E-state index contributed by atoms with van der Waals surface area (Å²) >= 11 is 0. The van der Waals surface area contributed by atoms with Crippen LogP contribution in [0.2, 0.25) is 0 Å². The smallest absolute Gasteiger partial charge is 0.270 e. The summed E-state index contributed by atoms with van der Waals surface area (Å²) in [7, 11) is 0. The molecule has 0 radical (unpaired) electrons. The number of fused-ring (bicyclic) bond motifs is 2. The first-order valence-corrected chi connectivity index (χ1v) is 9.01. The number of nitrogens with one attached hydrogen (secondary N) is 1. The molecular formula is C20H18N2O7. The molecule has 0 saturated heterocycles. The number of rotatable bonds is 4. The molecule has 4 rings (SSSR count). The normalized spacial score (nSPS) is 15.2. The number of anilines is 1. The van der Waals surface area contributed by atoms with Crippen molar-refractivity contribution in [1.82, 2.24) is 0 Å². The first kappa shape index (κ1) is 18.8. The van der Waals surface area contributed by atoms with Crippen molar-refractivity contribution in [2.75, 3.05) is 25.3 Å². The van der Waals surface area contributed by atoms with E-state index in [-0.39, 0.29) is 19.1 Å². The van der Waals surface area contributed by atoms with Gasteiger partial charge in [0.1, 0.15) is 5.75 Å². The van der Waals surface area contributed by atoms with Gasteiger partial charge in [-0.3, -0.25) is 14.9 Å². The molecule has 9 heteroatoms. The molecule has 150 valence electrons. The molecule has 2 aromatic rings. The highest BCUT2D eigenvalue weighted by molar-refractivity contribution is 6.02. The Bertz CT molecular complexity index is 987. The molecule has 0 aliphatic carbocycles. The van der Waals surface area contributed by atoms with Crippen LogP contribution >= 0.6 is 0 Å². The standard InChI is InChI=1S/C20H18N2O7/c23-19(21-15-3-4-17-18(10-15)28-7-1-6-27-17)5-2-13-8-16(22(24)25)9-14-11-26-12-29-20(13)14/h2-5,8-10H,1,6-7,11-12H2,(H,21,23)/b5-2+. The van der Waals surface area contributed by atoms with Crippen molar-refractivity contribution in [3.63, 3.8) is 0 Å². The maximum absolute atomic E-state index is 12.3. The van der Waals surface area contributed by atoms with Crippen LogP contribution in [-0.2, 0) is 16.1 Å². The zero-order valence-electron chi connectivity index (χ0n) is 15.4. The summed E-state index contributed by atoms with van der Waals surface area (Å²) in [6, 6.07) is 7.92. The third kappa shape index (κ3) is 4.30. The highest BCUT2D eigenvalue weighted by Gasteiger charge is 2.20. The second kappa shape index (κ2) is 8.19. The molecule has 0 bridgehead atoms. The molecule has 0 unspecified atom stereocenters. The van der Waals surface area contributed by atoms with Gasteiger partial charge >= 0.3 is 0 Å². The Kier molecular flexibility index (Phi) is 5.30. The molecule has 2 aromatic carbocycles. The molecule has 2 aliphatic heterocycles. The van der Waals surface area contributed by atoms with E-state index in [1.807, 2.05) is 0 Å². The van der Waals surface area contributed by atoms with Crippen LogP contribution in [-0.4, -0.2) is 30.8 Å². The Morgan fingerprint density at radius 3 is 2.76 bits per heavy atom. The van der Waals surface area contributed by atoms with Crippen molar-refractivity contribution < 1.29 is 28.7 Å². The van der Waals surface area contributed by atoms with Crippen molar-refractivity contribution in [3.05, 3.63) is 57.6 Å². The molecule has 0 fully saturated rings. The Morgan fingerprint density at radius 2 is 1.93 bits per heavy atom. The maximum Gasteiger partial charge on any atom is 0.270 e. The molecule has 0 saturated carbocycles. The van der Waals surface area contributed by atoms with Crippen LogP contribution < -0.4 is 19.5 Å². The lowest BCUT2D eigenvalue weighted by Gasteiger charge is -2.19. The van der Waals surface area contributed by atoms with E-state index in [9.17, 15) is 14.9 Å². The predicted molar refractivity (Wildman–Crippen MR) is 103 cm³/mol. The summed E-state index contributed by atoms with van der Waals surface area (Å²) < 4.78 is 21.8. The van der Waals surface area contributed by atoms with Crippen LogP contribution in [0.3, 0.4) is 0 Å². The van der Waals surface area contributed by atoms with Crippen LogP contribution in [0.25, 0.3) is 6.08 Å².